The molecular weight excluding hydrogens is 606 g/mol. The largest absolute Gasteiger partial charge is 0.391 e. The van der Waals surface area contributed by atoms with Gasteiger partial charge in [-0.3, -0.25) is 19.4 Å². The molecule has 0 saturated heterocycles. The Balaban J connectivity index is 1.62. The van der Waals surface area contributed by atoms with Gasteiger partial charge in [-0.2, -0.15) is 4.72 Å². The summed E-state index contributed by atoms with van der Waals surface area (Å²) in [4.78, 5) is 42.8. The zero-order chi connectivity index (χ0) is 33.5. The first-order chi connectivity index (χ1) is 21.7. The molecule has 0 fully saturated rings. The Labute approximate surface area is 268 Å². The van der Waals surface area contributed by atoms with Gasteiger partial charge in [0.25, 0.3) is 5.91 Å². The van der Waals surface area contributed by atoms with Crippen LogP contribution in [0.2, 0.25) is 0 Å². The van der Waals surface area contributed by atoms with Gasteiger partial charge in [0.15, 0.2) is 0 Å². The van der Waals surface area contributed by atoms with E-state index in [1.807, 2.05) is 51.1 Å². The highest BCUT2D eigenvalue weighted by Crippen LogP contribution is 2.22. The molecule has 3 atom stereocenters. The first-order valence-corrected chi connectivity index (χ1v) is 16.3. The Morgan fingerprint density at radius 2 is 1.57 bits per heavy atom. The van der Waals surface area contributed by atoms with Crippen LogP contribution in [0, 0.1) is 0 Å². The van der Waals surface area contributed by atoms with Gasteiger partial charge >= 0.3 is 0 Å². The fourth-order valence-electron chi connectivity index (χ4n) is 5.06. The van der Waals surface area contributed by atoms with Crippen LogP contribution in [0.1, 0.15) is 48.7 Å². The molecule has 0 unspecified atom stereocenters. The molecule has 11 nitrogen and oxygen atoms in total. The van der Waals surface area contributed by atoms with Crippen molar-refractivity contribution in [3.05, 3.63) is 108 Å². The Hall–Kier alpha value is -4.65. The number of amides is 3. The van der Waals surface area contributed by atoms with E-state index in [1.54, 1.807) is 48.5 Å². The molecule has 6 N–H and O–H groups in total. The van der Waals surface area contributed by atoms with Crippen LogP contribution in [0.4, 0.5) is 0 Å². The van der Waals surface area contributed by atoms with E-state index in [2.05, 4.69) is 20.3 Å². The fraction of sp³-hybridized carbons (Fsp3) is 0.294. The number of fused-ring (bicyclic) bond motifs is 1. The summed E-state index contributed by atoms with van der Waals surface area (Å²) in [5, 5.41) is 17.8. The van der Waals surface area contributed by atoms with Gasteiger partial charge in [-0.25, -0.2) is 8.42 Å². The Morgan fingerprint density at radius 1 is 0.891 bits per heavy atom. The minimum Gasteiger partial charge on any atom is -0.391 e. The van der Waals surface area contributed by atoms with Crippen LogP contribution in [-0.2, 0) is 32.5 Å². The highest BCUT2D eigenvalue weighted by Gasteiger charge is 2.32. The molecule has 0 aliphatic carbocycles. The number of carbonyl (C=O) groups is 3. The summed E-state index contributed by atoms with van der Waals surface area (Å²) in [6, 6.07) is 21.4. The van der Waals surface area contributed by atoms with Crippen molar-refractivity contribution in [2.24, 2.45) is 5.73 Å². The third kappa shape index (κ3) is 9.19. The van der Waals surface area contributed by atoms with Gasteiger partial charge in [-0.1, -0.05) is 66.7 Å². The normalized spacial score (nSPS) is 13.8. The summed E-state index contributed by atoms with van der Waals surface area (Å²) in [6.45, 7) is 5.59. The number of benzene rings is 3. The smallest absolute Gasteiger partial charge is 0.251 e. The van der Waals surface area contributed by atoms with Crippen molar-refractivity contribution in [1.29, 1.82) is 0 Å². The lowest BCUT2D eigenvalue weighted by molar-refractivity contribution is -0.127. The number of sulfonamides is 1. The first kappa shape index (κ1) is 34.2. The fourth-order valence-corrected chi connectivity index (χ4v) is 6.44. The lowest BCUT2D eigenvalue weighted by Crippen LogP contribution is -2.54. The molecule has 0 radical (unpaired) electrons. The molecule has 12 heteroatoms. The van der Waals surface area contributed by atoms with E-state index in [0.717, 1.165) is 5.56 Å². The highest BCUT2D eigenvalue weighted by atomic mass is 32.2. The number of nitrogens with two attached hydrogens (primary N) is 1. The second-order valence-corrected chi connectivity index (χ2v) is 13.8. The molecule has 0 bridgehead atoms. The maximum absolute atomic E-state index is 13.7. The molecule has 0 aliphatic heterocycles. The number of aliphatic hydroxyl groups excluding tert-OH is 1. The molecule has 3 amide bonds. The van der Waals surface area contributed by atoms with Gasteiger partial charge in [-0.15, -0.1) is 0 Å². The number of rotatable bonds is 13. The van der Waals surface area contributed by atoms with Gasteiger partial charge in [-0.05, 0) is 56.5 Å². The Kier molecular flexibility index (Phi) is 10.9. The van der Waals surface area contributed by atoms with E-state index in [9.17, 15) is 27.9 Å². The number of hydrogen-bond donors (Lipinski definition) is 5. The molecule has 4 rings (SSSR count). The van der Waals surface area contributed by atoms with Crippen molar-refractivity contribution in [2.45, 2.75) is 68.7 Å². The third-order valence-corrected chi connectivity index (χ3v) is 8.68. The van der Waals surface area contributed by atoms with Crippen LogP contribution in [-0.4, -0.2) is 60.0 Å². The van der Waals surface area contributed by atoms with Gasteiger partial charge in [0.05, 0.1) is 24.1 Å². The number of pyridine rings is 1. The van der Waals surface area contributed by atoms with Crippen LogP contribution in [0.5, 0.6) is 0 Å². The number of para-hydroxylation sites is 1. The highest BCUT2D eigenvalue weighted by molar-refractivity contribution is 7.89. The number of nitrogens with one attached hydrogen (secondary N) is 3. The monoisotopic (exact) mass is 645 g/mol. The molecule has 1 aromatic heterocycles. The number of aromatic nitrogens is 1. The molecule has 4 aromatic rings. The number of aliphatic hydroxyl groups is 1. The second kappa shape index (κ2) is 14.6. The molecule has 0 spiro atoms. The van der Waals surface area contributed by atoms with Crippen LogP contribution in [0.15, 0.2) is 96.0 Å². The van der Waals surface area contributed by atoms with Crippen molar-refractivity contribution in [3.63, 3.8) is 0 Å². The summed E-state index contributed by atoms with van der Waals surface area (Å²) in [6.07, 6.45) is -0.212. The first-order valence-electron chi connectivity index (χ1n) is 14.8. The summed E-state index contributed by atoms with van der Waals surface area (Å²) >= 11 is 0. The summed E-state index contributed by atoms with van der Waals surface area (Å²) in [5.74, 6) is -2.06. The van der Waals surface area contributed by atoms with E-state index >= 15 is 0 Å². The molecular formula is C34H39N5O6S. The van der Waals surface area contributed by atoms with Crippen LogP contribution in [0.3, 0.4) is 0 Å². The van der Waals surface area contributed by atoms with Crippen molar-refractivity contribution < 1.29 is 27.9 Å². The van der Waals surface area contributed by atoms with Gasteiger partial charge in [0.1, 0.15) is 10.9 Å². The predicted octanol–water partition coefficient (Wildman–Crippen LogP) is 2.62. The summed E-state index contributed by atoms with van der Waals surface area (Å²) in [7, 11) is -4.36. The summed E-state index contributed by atoms with van der Waals surface area (Å²) < 4.78 is 29.4. The quantitative estimate of drug-likeness (QED) is 0.148. The second-order valence-electron chi connectivity index (χ2n) is 12.1. The Bertz CT molecular complexity index is 1800. The molecule has 0 aliphatic rings. The number of carbonyl (C=O) groups excluding carboxylic acids is 3. The zero-order valence-electron chi connectivity index (χ0n) is 25.9. The molecule has 46 heavy (non-hydrogen) atoms. The lowest BCUT2D eigenvalue weighted by atomic mass is 9.93. The topological polar surface area (TPSA) is 181 Å². The Morgan fingerprint density at radius 3 is 2.26 bits per heavy atom. The molecule has 242 valence electrons. The van der Waals surface area contributed by atoms with Crippen LogP contribution < -0.4 is 21.1 Å². The third-order valence-electron chi connectivity index (χ3n) is 7.17. The minimum atomic E-state index is -4.36. The van der Waals surface area contributed by atoms with E-state index < -0.39 is 52.0 Å². The predicted molar refractivity (Wildman–Crippen MR) is 175 cm³/mol. The van der Waals surface area contributed by atoms with E-state index in [0.29, 0.717) is 16.5 Å². The maximum atomic E-state index is 13.7. The number of nitrogens with zero attached hydrogens (tertiary/aromatic N) is 1. The number of hydrogen-bond acceptors (Lipinski definition) is 7. The maximum Gasteiger partial charge on any atom is 0.251 e. The van der Waals surface area contributed by atoms with E-state index in [4.69, 9.17) is 5.73 Å². The van der Waals surface area contributed by atoms with Crippen LogP contribution >= 0.6 is 0 Å². The standard InChI is InChI=1S/C34H39N5O6S/c1-34(2,3)38-32(42)25-16-8-7-13-24(25)20-28(40)26(19-22-11-5-4-6-12-22)37-33(43)27(21-30(35)41)39-46(44,45)29-17-9-14-23-15-10-18-36-31(23)29/h4-18,26-28,39-40H,19-21H2,1-3H3,(H2,35,41)(H,37,43)(H,38,42)/t26-,27-,28+/m0/s1. The average molecular weight is 646 g/mol. The zero-order valence-corrected chi connectivity index (χ0v) is 26.8. The van der Waals surface area contributed by atoms with Gasteiger partial charge in [0.2, 0.25) is 21.8 Å². The molecule has 1 heterocycles. The summed E-state index contributed by atoms with van der Waals surface area (Å²) in [5.41, 5.74) is 6.87. The molecule has 0 saturated carbocycles. The van der Waals surface area contributed by atoms with E-state index in [1.165, 1.54) is 12.3 Å². The van der Waals surface area contributed by atoms with Crippen molar-refractivity contribution >= 4 is 38.6 Å². The minimum absolute atomic E-state index is 0.000591. The van der Waals surface area contributed by atoms with E-state index in [-0.39, 0.29) is 29.2 Å². The number of primary amides is 1. The van der Waals surface area contributed by atoms with Gasteiger partial charge in [0, 0.05) is 29.1 Å². The van der Waals surface area contributed by atoms with Crippen LogP contribution in [0.25, 0.3) is 10.9 Å². The average Bonchev–Trinajstić information content (AvgIpc) is 2.99. The van der Waals surface area contributed by atoms with Crippen molar-refractivity contribution in [3.8, 4) is 0 Å². The van der Waals surface area contributed by atoms with Gasteiger partial charge < -0.3 is 21.5 Å². The SMILES string of the molecule is CC(C)(C)NC(=O)c1ccccc1C[C@@H](O)[C@H](Cc1ccccc1)NC(=O)[C@H](CC(N)=O)NS(=O)(=O)c1cccc2cccnc12. The van der Waals surface area contributed by atoms with Crippen molar-refractivity contribution in [2.75, 3.05) is 0 Å². The van der Waals surface area contributed by atoms with Crippen molar-refractivity contribution in [1.82, 2.24) is 20.3 Å². The lowest BCUT2D eigenvalue weighted by Gasteiger charge is -2.28. The molecule has 3 aromatic carbocycles.